The summed E-state index contributed by atoms with van der Waals surface area (Å²) in [5.41, 5.74) is -3.82. The van der Waals surface area contributed by atoms with Crippen LogP contribution in [0.1, 0.15) is 100 Å². The second-order valence-electron chi connectivity index (χ2n) is 12.7. The summed E-state index contributed by atoms with van der Waals surface area (Å²) in [5, 5.41) is 3.47. The lowest BCUT2D eigenvalue weighted by atomic mass is 9.86. The van der Waals surface area contributed by atoms with E-state index in [9.17, 15) is 35.5 Å². The van der Waals surface area contributed by atoms with Crippen molar-refractivity contribution in [2.45, 2.75) is 108 Å². The van der Waals surface area contributed by atoms with Gasteiger partial charge in [0.15, 0.2) is 0 Å². The molecule has 4 atom stereocenters. The van der Waals surface area contributed by atoms with Gasteiger partial charge in [-0.2, -0.15) is 26.3 Å². The molecular formula is C32H38F7NO3. The van der Waals surface area contributed by atoms with E-state index in [1.165, 1.54) is 19.1 Å². The fourth-order valence-electron chi connectivity index (χ4n) is 6.28. The van der Waals surface area contributed by atoms with E-state index in [0.717, 1.165) is 18.4 Å². The Morgan fingerprint density at radius 1 is 0.930 bits per heavy atom. The maximum Gasteiger partial charge on any atom is 0.416 e. The van der Waals surface area contributed by atoms with E-state index in [4.69, 9.17) is 9.47 Å². The number of rotatable bonds is 8. The van der Waals surface area contributed by atoms with Crippen LogP contribution in [0.4, 0.5) is 30.7 Å². The van der Waals surface area contributed by atoms with E-state index in [1.54, 1.807) is 32.9 Å². The van der Waals surface area contributed by atoms with Crippen LogP contribution in [0.3, 0.4) is 0 Å². The van der Waals surface area contributed by atoms with Gasteiger partial charge in [0, 0.05) is 5.92 Å². The van der Waals surface area contributed by atoms with Crippen LogP contribution in [0, 0.1) is 11.7 Å². The molecule has 238 valence electrons. The van der Waals surface area contributed by atoms with Gasteiger partial charge in [0.25, 0.3) is 0 Å². The molecule has 0 aromatic heterocycles. The Morgan fingerprint density at radius 2 is 1.49 bits per heavy atom. The average Bonchev–Trinajstić information content (AvgIpc) is 3.54. The highest BCUT2D eigenvalue weighted by atomic mass is 19.4. The van der Waals surface area contributed by atoms with Crippen LogP contribution in [0.2, 0.25) is 0 Å². The maximum absolute atomic E-state index is 13.8. The molecule has 0 saturated heterocycles. The zero-order valence-corrected chi connectivity index (χ0v) is 24.7. The van der Waals surface area contributed by atoms with Gasteiger partial charge >= 0.3 is 18.3 Å². The number of nitrogens with one attached hydrogen (secondary N) is 1. The van der Waals surface area contributed by atoms with E-state index in [1.807, 2.05) is 0 Å². The van der Waals surface area contributed by atoms with Crippen molar-refractivity contribution in [3.63, 3.8) is 0 Å². The van der Waals surface area contributed by atoms with Gasteiger partial charge in [0.2, 0.25) is 0 Å². The second kappa shape index (κ2) is 12.4. The number of hydrogen-bond acceptors (Lipinski definition) is 4. The number of esters is 1. The Hall–Kier alpha value is -2.66. The molecule has 0 radical (unpaired) electrons. The quantitative estimate of drug-likeness (QED) is 0.238. The summed E-state index contributed by atoms with van der Waals surface area (Å²) < 4.78 is 107. The first-order valence-corrected chi connectivity index (χ1v) is 14.6. The number of hydrogen-bond donors (Lipinski definition) is 1. The Kier molecular flexibility index (Phi) is 9.57. The summed E-state index contributed by atoms with van der Waals surface area (Å²) in [6, 6.07) is 7.31. The highest BCUT2D eigenvalue weighted by Crippen LogP contribution is 2.45. The lowest BCUT2D eigenvalue weighted by Gasteiger charge is -2.34. The molecule has 2 aromatic rings. The maximum atomic E-state index is 13.8. The lowest BCUT2D eigenvalue weighted by molar-refractivity contribution is -0.163. The predicted molar refractivity (Wildman–Crippen MR) is 147 cm³/mol. The topological polar surface area (TPSA) is 47.6 Å². The molecule has 0 heterocycles. The number of carbonyl (C=O) groups is 1. The van der Waals surface area contributed by atoms with Gasteiger partial charge in [0.1, 0.15) is 17.0 Å². The van der Waals surface area contributed by atoms with Crippen LogP contribution in [0.25, 0.3) is 0 Å². The Labute approximate surface area is 247 Å². The van der Waals surface area contributed by atoms with Gasteiger partial charge in [-0.25, -0.2) is 4.39 Å². The molecule has 2 aliphatic rings. The molecule has 0 amide bonds. The summed E-state index contributed by atoms with van der Waals surface area (Å²) in [7, 11) is 0. The SMILES string of the molecule is CC(OC1CCC(CNC2(C(=O)OC(C)(C)C)CCCC2)C1c1ccc(F)cc1)c1cc(C(F)(F)F)cc(C(F)(F)F)c1. The molecule has 2 saturated carbocycles. The van der Waals surface area contributed by atoms with Crippen molar-refractivity contribution in [2.75, 3.05) is 6.54 Å². The Bertz CT molecular complexity index is 1230. The van der Waals surface area contributed by atoms with Crippen molar-refractivity contribution in [3.8, 4) is 0 Å². The van der Waals surface area contributed by atoms with Crippen LogP contribution in [-0.4, -0.2) is 29.8 Å². The highest BCUT2D eigenvalue weighted by Gasteiger charge is 2.46. The summed E-state index contributed by atoms with van der Waals surface area (Å²) >= 11 is 0. The van der Waals surface area contributed by atoms with Gasteiger partial charge in [-0.15, -0.1) is 0 Å². The highest BCUT2D eigenvalue weighted by molar-refractivity contribution is 5.81. The lowest BCUT2D eigenvalue weighted by Crippen LogP contribution is -2.54. The molecule has 2 aliphatic carbocycles. The van der Waals surface area contributed by atoms with E-state index < -0.39 is 52.6 Å². The van der Waals surface area contributed by atoms with E-state index in [0.29, 0.717) is 44.4 Å². The van der Waals surface area contributed by atoms with Gasteiger partial charge in [-0.3, -0.25) is 4.79 Å². The molecule has 43 heavy (non-hydrogen) atoms. The largest absolute Gasteiger partial charge is 0.459 e. The fourth-order valence-corrected chi connectivity index (χ4v) is 6.28. The monoisotopic (exact) mass is 617 g/mol. The van der Waals surface area contributed by atoms with Gasteiger partial charge < -0.3 is 14.8 Å². The van der Waals surface area contributed by atoms with Crippen molar-refractivity contribution < 1.29 is 45.0 Å². The third-order valence-electron chi connectivity index (χ3n) is 8.39. The number of benzene rings is 2. The normalized spacial score (nSPS) is 23.4. The van der Waals surface area contributed by atoms with Crippen LogP contribution in [0.5, 0.6) is 0 Å². The zero-order valence-electron chi connectivity index (χ0n) is 24.7. The Balaban J connectivity index is 1.59. The fraction of sp³-hybridized carbons (Fsp3) is 0.594. The second-order valence-corrected chi connectivity index (χ2v) is 12.7. The molecular weight excluding hydrogens is 579 g/mol. The average molecular weight is 618 g/mol. The molecule has 4 nitrogen and oxygen atoms in total. The summed E-state index contributed by atoms with van der Waals surface area (Å²) in [6.45, 7) is 7.25. The molecule has 11 heteroatoms. The predicted octanol–water partition coefficient (Wildman–Crippen LogP) is 8.75. The minimum Gasteiger partial charge on any atom is -0.459 e. The molecule has 4 unspecified atom stereocenters. The summed E-state index contributed by atoms with van der Waals surface area (Å²) in [6.07, 6.45) is -7.56. The summed E-state index contributed by atoms with van der Waals surface area (Å²) in [4.78, 5) is 13.2. The van der Waals surface area contributed by atoms with Crippen molar-refractivity contribution in [2.24, 2.45) is 5.92 Å². The van der Waals surface area contributed by atoms with Crippen molar-refractivity contribution in [3.05, 3.63) is 70.5 Å². The molecule has 0 aliphatic heterocycles. The number of alkyl halides is 6. The third-order valence-corrected chi connectivity index (χ3v) is 8.39. The minimum atomic E-state index is -4.97. The summed E-state index contributed by atoms with van der Waals surface area (Å²) in [5.74, 6) is -1.21. The minimum absolute atomic E-state index is 0.0956. The molecule has 2 fully saturated rings. The smallest absolute Gasteiger partial charge is 0.416 e. The van der Waals surface area contributed by atoms with Gasteiger partial charge in [0.05, 0.1) is 23.3 Å². The van der Waals surface area contributed by atoms with Crippen molar-refractivity contribution in [1.29, 1.82) is 0 Å². The third kappa shape index (κ3) is 8.09. The van der Waals surface area contributed by atoms with Gasteiger partial charge in [-0.1, -0.05) is 25.0 Å². The number of halogens is 7. The molecule has 4 rings (SSSR count). The first-order valence-electron chi connectivity index (χ1n) is 14.6. The number of ether oxygens (including phenoxy) is 2. The van der Waals surface area contributed by atoms with Crippen LogP contribution in [0.15, 0.2) is 42.5 Å². The first kappa shape index (κ1) is 33.2. The van der Waals surface area contributed by atoms with Crippen LogP contribution >= 0.6 is 0 Å². The van der Waals surface area contributed by atoms with Crippen LogP contribution in [-0.2, 0) is 26.6 Å². The molecule has 0 bridgehead atoms. The standard InChI is InChI=1S/C32H38F7NO3/c1-19(22-15-23(31(34,35)36)17-24(16-22)32(37,38)39)42-26-12-9-21(27(26)20-7-10-25(33)11-8-20)18-40-30(13-5-6-14-30)28(41)43-29(2,3)4/h7-8,10-11,15-17,19,21,26-27,40H,5-6,9,12-14,18H2,1-4H3. The Morgan fingerprint density at radius 3 is 2.00 bits per heavy atom. The zero-order chi connectivity index (χ0) is 31.8. The molecule has 2 aromatic carbocycles. The van der Waals surface area contributed by atoms with Gasteiger partial charge in [-0.05, 0) is 107 Å². The molecule has 1 N–H and O–H groups in total. The van der Waals surface area contributed by atoms with Crippen molar-refractivity contribution in [1.82, 2.24) is 5.32 Å². The van der Waals surface area contributed by atoms with Crippen molar-refractivity contribution >= 4 is 5.97 Å². The van der Waals surface area contributed by atoms with Crippen LogP contribution < -0.4 is 5.32 Å². The van der Waals surface area contributed by atoms with E-state index in [2.05, 4.69) is 5.32 Å². The molecule has 0 spiro atoms. The van der Waals surface area contributed by atoms with E-state index in [-0.39, 0.29) is 29.4 Å². The first-order chi connectivity index (χ1) is 19.9. The van der Waals surface area contributed by atoms with E-state index >= 15 is 0 Å². The number of carbonyl (C=O) groups excluding carboxylic acids is 1.